The van der Waals surface area contributed by atoms with Crippen LogP contribution in [0.4, 0.5) is 11.5 Å². The van der Waals surface area contributed by atoms with E-state index in [1.807, 2.05) is 12.1 Å². The zero-order valence-corrected chi connectivity index (χ0v) is 14.4. The number of nitrogens with two attached hydrogens (primary N) is 1. The molecular formula is C16H22ClN7. The number of hydrazine groups is 1. The Kier molecular flexibility index (Phi) is 6.34. The lowest BCUT2D eigenvalue weighted by atomic mass is 10.2. The van der Waals surface area contributed by atoms with Gasteiger partial charge < -0.3 is 10.7 Å². The molecule has 0 saturated heterocycles. The quantitative estimate of drug-likeness (QED) is 0.345. The van der Waals surface area contributed by atoms with Crippen LogP contribution in [0.2, 0.25) is 0 Å². The van der Waals surface area contributed by atoms with E-state index in [-0.39, 0.29) is 12.4 Å². The Bertz CT molecular complexity index is 787. The van der Waals surface area contributed by atoms with Crippen LogP contribution < -0.4 is 16.6 Å². The van der Waals surface area contributed by atoms with Gasteiger partial charge in [-0.25, -0.2) is 20.5 Å². The molecule has 0 spiro atoms. The van der Waals surface area contributed by atoms with E-state index in [0.29, 0.717) is 5.82 Å². The number of anilines is 2. The van der Waals surface area contributed by atoms with Crippen molar-refractivity contribution in [2.24, 2.45) is 5.84 Å². The zero-order valence-electron chi connectivity index (χ0n) is 13.6. The van der Waals surface area contributed by atoms with Gasteiger partial charge in [-0.05, 0) is 24.6 Å². The van der Waals surface area contributed by atoms with Gasteiger partial charge >= 0.3 is 0 Å². The summed E-state index contributed by atoms with van der Waals surface area (Å²) in [6.45, 7) is 3.18. The molecule has 4 N–H and O–H groups in total. The topological polar surface area (TPSA) is 93.7 Å². The monoisotopic (exact) mass is 347 g/mol. The Morgan fingerprint density at radius 1 is 1.21 bits per heavy atom. The van der Waals surface area contributed by atoms with Crippen molar-refractivity contribution in [2.75, 3.05) is 17.3 Å². The van der Waals surface area contributed by atoms with Crippen molar-refractivity contribution in [3.63, 3.8) is 0 Å². The van der Waals surface area contributed by atoms with Crippen LogP contribution in [0, 0.1) is 0 Å². The van der Waals surface area contributed by atoms with Crippen molar-refractivity contribution in [3.05, 3.63) is 36.8 Å². The van der Waals surface area contributed by atoms with E-state index >= 15 is 0 Å². The Morgan fingerprint density at radius 2 is 2.08 bits per heavy atom. The Morgan fingerprint density at radius 3 is 2.88 bits per heavy atom. The highest BCUT2D eigenvalue weighted by Gasteiger charge is 2.10. The van der Waals surface area contributed by atoms with E-state index < -0.39 is 0 Å². The van der Waals surface area contributed by atoms with Crippen LogP contribution in [0.25, 0.3) is 16.7 Å². The minimum atomic E-state index is 0. The highest BCUT2D eigenvalue weighted by atomic mass is 35.5. The predicted octanol–water partition coefficient (Wildman–Crippen LogP) is 3.13. The lowest BCUT2D eigenvalue weighted by Crippen LogP contribution is -2.09. The summed E-state index contributed by atoms with van der Waals surface area (Å²) >= 11 is 0. The number of aromatic nitrogens is 4. The standard InChI is InChI=1S/C16H21N7.ClH/c1-2-3-4-8-18-12-6-5-7-13(9-12)23-16-14(10-21-23)15(22-17)19-11-20-16;/h5-7,9-11,18H,2-4,8,17H2,1H3,(H,19,20,22);1H. The molecule has 24 heavy (non-hydrogen) atoms. The third-order valence-electron chi connectivity index (χ3n) is 3.70. The average molecular weight is 348 g/mol. The fourth-order valence-corrected chi connectivity index (χ4v) is 2.50. The number of nitrogen functional groups attached to an aromatic ring is 1. The summed E-state index contributed by atoms with van der Waals surface area (Å²) < 4.78 is 1.79. The second-order valence-electron chi connectivity index (χ2n) is 5.34. The van der Waals surface area contributed by atoms with E-state index in [9.17, 15) is 0 Å². The van der Waals surface area contributed by atoms with Gasteiger partial charge in [-0.15, -0.1) is 12.4 Å². The molecule has 0 radical (unpaired) electrons. The lowest BCUT2D eigenvalue weighted by molar-refractivity contribution is 0.743. The number of nitrogens with zero attached hydrogens (tertiary/aromatic N) is 4. The minimum absolute atomic E-state index is 0. The molecule has 0 bridgehead atoms. The van der Waals surface area contributed by atoms with E-state index in [0.717, 1.165) is 29.0 Å². The molecule has 0 aliphatic carbocycles. The number of nitrogens with one attached hydrogen (secondary N) is 2. The largest absolute Gasteiger partial charge is 0.385 e. The number of unbranched alkanes of at least 4 members (excludes halogenated alkanes) is 2. The van der Waals surface area contributed by atoms with Crippen LogP contribution in [0.5, 0.6) is 0 Å². The van der Waals surface area contributed by atoms with Crippen molar-refractivity contribution >= 4 is 34.9 Å². The zero-order chi connectivity index (χ0) is 16.1. The van der Waals surface area contributed by atoms with Gasteiger partial charge in [0, 0.05) is 12.2 Å². The van der Waals surface area contributed by atoms with E-state index in [1.165, 1.54) is 25.6 Å². The predicted molar refractivity (Wildman–Crippen MR) is 99.7 cm³/mol. The van der Waals surface area contributed by atoms with Crippen molar-refractivity contribution in [1.29, 1.82) is 0 Å². The molecule has 0 fully saturated rings. The van der Waals surface area contributed by atoms with E-state index in [2.05, 4.69) is 44.9 Å². The number of hydrogen-bond acceptors (Lipinski definition) is 6. The molecule has 7 nitrogen and oxygen atoms in total. The van der Waals surface area contributed by atoms with Gasteiger partial charge in [0.25, 0.3) is 0 Å². The maximum Gasteiger partial charge on any atom is 0.168 e. The molecule has 0 aliphatic heterocycles. The molecule has 3 rings (SSSR count). The van der Waals surface area contributed by atoms with Crippen LogP contribution in [0.3, 0.4) is 0 Å². The highest BCUT2D eigenvalue weighted by molar-refractivity contribution is 5.87. The second kappa shape index (κ2) is 8.47. The first kappa shape index (κ1) is 18.0. The van der Waals surface area contributed by atoms with Gasteiger partial charge in [0.05, 0.1) is 17.3 Å². The number of rotatable bonds is 7. The molecule has 2 heterocycles. The molecule has 0 aliphatic rings. The van der Waals surface area contributed by atoms with Crippen molar-refractivity contribution in [1.82, 2.24) is 19.7 Å². The van der Waals surface area contributed by atoms with E-state index in [1.54, 1.807) is 10.9 Å². The first-order chi connectivity index (χ1) is 11.3. The summed E-state index contributed by atoms with van der Waals surface area (Å²) in [6.07, 6.45) is 6.82. The Hall–Kier alpha value is -2.38. The normalized spacial score (nSPS) is 10.4. The fraction of sp³-hybridized carbons (Fsp3) is 0.312. The number of fused-ring (bicyclic) bond motifs is 1. The molecule has 0 saturated carbocycles. The van der Waals surface area contributed by atoms with Crippen molar-refractivity contribution < 1.29 is 0 Å². The van der Waals surface area contributed by atoms with Crippen molar-refractivity contribution in [3.8, 4) is 5.69 Å². The molecular weight excluding hydrogens is 326 g/mol. The highest BCUT2D eigenvalue weighted by Crippen LogP contribution is 2.22. The van der Waals surface area contributed by atoms with Gasteiger partial charge in [0.2, 0.25) is 0 Å². The lowest BCUT2D eigenvalue weighted by Gasteiger charge is -2.09. The molecule has 1 aromatic carbocycles. The van der Waals surface area contributed by atoms with Crippen LogP contribution in [-0.4, -0.2) is 26.3 Å². The summed E-state index contributed by atoms with van der Waals surface area (Å²) in [7, 11) is 0. The fourth-order valence-electron chi connectivity index (χ4n) is 2.50. The molecule has 3 aromatic rings. The summed E-state index contributed by atoms with van der Waals surface area (Å²) in [4.78, 5) is 8.41. The first-order valence-electron chi connectivity index (χ1n) is 7.83. The van der Waals surface area contributed by atoms with Crippen molar-refractivity contribution in [2.45, 2.75) is 26.2 Å². The molecule has 8 heteroatoms. The van der Waals surface area contributed by atoms with E-state index in [4.69, 9.17) is 5.84 Å². The molecule has 2 aromatic heterocycles. The van der Waals surface area contributed by atoms with Gasteiger partial charge in [-0.1, -0.05) is 25.8 Å². The van der Waals surface area contributed by atoms with Gasteiger partial charge in [0.1, 0.15) is 6.33 Å². The number of hydrogen-bond donors (Lipinski definition) is 3. The van der Waals surface area contributed by atoms with Crippen LogP contribution in [-0.2, 0) is 0 Å². The van der Waals surface area contributed by atoms with Gasteiger partial charge in [0.15, 0.2) is 11.5 Å². The molecule has 128 valence electrons. The summed E-state index contributed by atoms with van der Waals surface area (Å²) in [5.41, 5.74) is 5.31. The second-order valence-corrected chi connectivity index (χ2v) is 5.34. The average Bonchev–Trinajstić information content (AvgIpc) is 3.03. The molecule has 0 atom stereocenters. The summed E-state index contributed by atoms with van der Waals surface area (Å²) in [6, 6.07) is 8.13. The third-order valence-corrected chi connectivity index (χ3v) is 3.70. The van der Waals surface area contributed by atoms with Crippen LogP contribution >= 0.6 is 12.4 Å². The Labute approximate surface area is 147 Å². The number of halogens is 1. The maximum atomic E-state index is 5.48. The van der Waals surface area contributed by atoms with Gasteiger partial charge in [-0.3, -0.25) is 0 Å². The molecule has 0 unspecified atom stereocenters. The summed E-state index contributed by atoms with van der Waals surface area (Å²) in [5, 5.41) is 8.65. The number of benzene rings is 1. The minimum Gasteiger partial charge on any atom is -0.385 e. The first-order valence-corrected chi connectivity index (χ1v) is 7.83. The Balaban J connectivity index is 0.00000208. The smallest absolute Gasteiger partial charge is 0.168 e. The SMILES string of the molecule is CCCCCNc1cccc(-n2ncc3c(NN)ncnc32)c1.Cl. The summed E-state index contributed by atoms with van der Waals surface area (Å²) in [5.74, 6) is 6.05. The van der Waals surface area contributed by atoms with Crippen LogP contribution in [0.15, 0.2) is 36.8 Å². The molecule has 0 amide bonds. The van der Waals surface area contributed by atoms with Gasteiger partial charge in [-0.2, -0.15) is 5.10 Å². The third kappa shape index (κ3) is 3.74. The van der Waals surface area contributed by atoms with Crippen LogP contribution in [0.1, 0.15) is 26.2 Å². The maximum absolute atomic E-state index is 5.48.